The molecule has 0 spiro atoms. The Balaban J connectivity index is 2.50. The molecule has 1 aliphatic carbocycles. The third kappa shape index (κ3) is 4.86. The van der Waals surface area contributed by atoms with Gasteiger partial charge in [0.2, 0.25) is 0 Å². The molecule has 5 heteroatoms. The lowest BCUT2D eigenvalue weighted by Gasteiger charge is -2.28. The number of nitrogens with zero attached hydrogens (tertiary/aromatic N) is 1. The molecule has 4 nitrogen and oxygen atoms in total. The number of hydrogen-bond donors (Lipinski definition) is 1. The fourth-order valence-corrected chi connectivity index (χ4v) is 3.48. The average Bonchev–Trinajstić information content (AvgIpc) is 2.82. The second-order valence-electron chi connectivity index (χ2n) is 5.53. The second-order valence-corrected chi connectivity index (χ2v) is 8.21. The van der Waals surface area contributed by atoms with Crippen LogP contribution in [0.2, 0.25) is 0 Å². The van der Waals surface area contributed by atoms with Crippen molar-refractivity contribution in [3.63, 3.8) is 0 Å². The summed E-state index contributed by atoms with van der Waals surface area (Å²) in [4.78, 5) is 2.35. The van der Waals surface area contributed by atoms with E-state index in [9.17, 15) is 8.42 Å². The van der Waals surface area contributed by atoms with Gasteiger partial charge in [-0.05, 0) is 46.2 Å². The minimum Gasteiger partial charge on any atom is -0.330 e. The molecule has 0 aromatic carbocycles. The first-order chi connectivity index (χ1) is 8.47. The predicted octanol–water partition coefficient (Wildman–Crippen LogP) is 1.40. The van der Waals surface area contributed by atoms with Crippen LogP contribution in [0.4, 0.5) is 0 Å². The molecule has 18 heavy (non-hydrogen) atoms. The van der Waals surface area contributed by atoms with Crippen molar-refractivity contribution >= 4 is 9.84 Å². The van der Waals surface area contributed by atoms with Gasteiger partial charge >= 0.3 is 0 Å². The molecule has 0 unspecified atom stereocenters. The molecule has 0 bridgehead atoms. The van der Waals surface area contributed by atoms with E-state index in [1.807, 2.05) is 0 Å². The molecule has 0 aliphatic heterocycles. The van der Waals surface area contributed by atoms with Gasteiger partial charge in [-0.25, -0.2) is 8.42 Å². The van der Waals surface area contributed by atoms with E-state index < -0.39 is 9.84 Å². The van der Waals surface area contributed by atoms with E-state index in [1.54, 1.807) is 13.8 Å². The van der Waals surface area contributed by atoms with Crippen LogP contribution in [0.25, 0.3) is 0 Å². The molecule has 108 valence electrons. The van der Waals surface area contributed by atoms with Gasteiger partial charge in [0.1, 0.15) is 0 Å². The SMILES string of the molecule is CC(C)S(=O)(=O)CCN(CCCN)C1CCCC1. The van der Waals surface area contributed by atoms with Crippen LogP contribution in [0.5, 0.6) is 0 Å². The highest BCUT2D eigenvalue weighted by Gasteiger charge is 2.24. The van der Waals surface area contributed by atoms with E-state index in [4.69, 9.17) is 5.73 Å². The lowest BCUT2D eigenvalue weighted by Crippen LogP contribution is -2.39. The first-order valence-corrected chi connectivity index (χ1v) is 8.84. The first-order valence-electron chi connectivity index (χ1n) is 7.13. The van der Waals surface area contributed by atoms with Crippen molar-refractivity contribution in [3.8, 4) is 0 Å². The third-order valence-electron chi connectivity index (χ3n) is 3.87. The standard InChI is InChI=1S/C13H28N2O2S/c1-12(2)18(16,17)11-10-15(9-5-8-14)13-6-3-4-7-13/h12-13H,3-11,14H2,1-2H3. The van der Waals surface area contributed by atoms with E-state index in [0.29, 0.717) is 19.1 Å². The van der Waals surface area contributed by atoms with E-state index in [-0.39, 0.29) is 11.0 Å². The maximum atomic E-state index is 11.9. The summed E-state index contributed by atoms with van der Waals surface area (Å²) >= 11 is 0. The number of sulfone groups is 1. The molecular weight excluding hydrogens is 248 g/mol. The zero-order chi connectivity index (χ0) is 13.6. The summed E-state index contributed by atoms with van der Waals surface area (Å²) in [6.45, 7) is 5.81. The summed E-state index contributed by atoms with van der Waals surface area (Å²) in [5.74, 6) is 0.283. The number of nitrogens with two attached hydrogens (primary N) is 1. The van der Waals surface area contributed by atoms with Crippen molar-refractivity contribution in [2.24, 2.45) is 5.73 Å². The van der Waals surface area contributed by atoms with Gasteiger partial charge in [-0.3, -0.25) is 4.90 Å². The van der Waals surface area contributed by atoms with Crippen molar-refractivity contribution in [2.45, 2.75) is 57.2 Å². The molecule has 0 atom stereocenters. The Morgan fingerprint density at radius 2 is 1.83 bits per heavy atom. The Kier molecular flexibility index (Phi) is 6.60. The van der Waals surface area contributed by atoms with E-state index >= 15 is 0 Å². The number of hydrogen-bond acceptors (Lipinski definition) is 4. The van der Waals surface area contributed by atoms with Crippen LogP contribution in [0, 0.1) is 0 Å². The zero-order valence-electron chi connectivity index (χ0n) is 11.8. The molecule has 0 saturated heterocycles. The summed E-state index contributed by atoms with van der Waals surface area (Å²) in [6.07, 6.45) is 5.94. The van der Waals surface area contributed by atoms with Gasteiger partial charge in [0.25, 0.3) is 0 Å². The van der Waals surface area contributed by atoms with Gasteiger partial charge in [0.15, 0.2) is 9.84 Å². The summed E-state index contributed by atoms with van der Waals surface area (Å²) in [7, 11) is -2.92. The highest BCUT2D eigenvalue weighted by atomic mass is 32.2. The second kappa shape index (κ2) is 7.46. The Morgan fingerprint density at radius 1 is 1.22 bits per heavy atom. The van der Waals surface area contributed by atoms with Crippen LogP contribution in [0.3, 0.4) is 0 Å². The molecule has 0 heterocycles. The van der Waals surface area contributed by atoms with Crippen molar-refractivity contribution in [2.75, 3.05) is 25.4 Å². The maximum absolute atomic E-state index is 11.9. The average molecular weight is 276 g/mol. The van der Waals surface area contributed by atoms with Crippen molar-refractivity contribution in [3.05, 3.63) is 0 Å². The van der Waals surface area contributed by atoms with Gasteiger partial charge in [-0.15, -0.1) is 0 Å². The molecular formula is C13H28N2O2S. The summed E-state index contributed by atoms with van der Waals surface area (Å²) in [5.41, 5.74) is 5.56. The number of rotatable bonds is 8. The molecule has 0 amide bonds. The van der Waals surface area contributed by atoms with Crippen LogP contribution in [0.15, 0.2) is 0 Å². The quantitative estimate of drug-likeness (QED) is 0.728. The molecule has 1 fully saturated rings. The predicted molar refractivity (Wildman–Crippen MR) is 76.4 cm³/mol. The molecule has 0 aromatic heterocycles. The monoisotopic (exact) mass is 276 g/mol. The highest BCUT2D eigenvalue weighted by Crippen LogP contribution is 2.23. The lowest BCUT2D eigenvalue weighted by molar-refractivity contribution is 0.208. The Hall–Kier alpha value is -0.130. The van der Waals surface area contributed by atoms with Gasteiger partial charge in [0.05, 0.1) is 11.0 Å². The summed E-state index contributed by atoms with van der Waals surface area (Å²) in [6, 6.07) is 0.582. The molecule has 2 N–H and O–H groups in total. The summed E-state index contributed by atoms with van der Waals surface area (Å²) in [5, 5.41) is -0.266. The van der Waals surface area contributed by atoms with Gasteiger partial charge in [-0.1, -0.05) is 12.8 Å². The minimum absolute atomic E-state index is 0.266. The molecule has 1 saturated carbocycles. The van der Waals surface area contributed by atoms with Crippen LogP contribution < -0.4 is 5.73 Å². The van der Waals surface area contributed by atoms with Gasteiger partial charge in [-0.2, -0.15) is 0 Å². The van der Waals surface area contributed by atoms with Crippen LogP contribution in [0.1, 0.15) is 46.0 Å². The highest BCUT2D eigenvalue weighted by molar-refractivity contribution is 7.92. The fourth-order valence-electron chi connectivity index (χ4n) is 2.52. The van der Waals surface area contributed by atoms with Gasteiger partial charge in [0, 0.05) is 12.6 Å². The molecule has 0 radical (unpaired) electrons. The normalized spacial score (nSPS) is 18.1. The van der Waals surface area contributed by atoms with Gasteiger partial charge < -0.3 is 5.73 Å². The van der Waals surface area contributed by atoms with Crippen LogP contribution >= 0.6 is 0 Å². The molecule has 1 aliphatic rings. The van der Waals surface area contributed by atoms with Crippen LogP contribution in [-0.2, 0) is 9.84 Å². The minimum atomic E-state index is -2.92. The molecule has 1 rings (SSSR count). The fraction of sp³-hybridized carbons (Fsp3) is 1.00. The largest absolute Gasteiger partial charge is 0.330 e. The van der Waals surface area contributed by atoms with E-state index in [1.165, 1.54) is 25.7 Å². The van der Waals surface area contributed by atoms with E-state index in [0.717, 1.165) is 13.0 Å². The maximum Gasteiger partial charge on any atom is 0.153 e. The van der Waals surface area contributed by atoms with Crippen molar-refractivity contribution < 1.29 is 8.42 Å². The zero-order valence-corrected chi connectivity index (χ0v) is 12.6. The molecule has 0 aromatic rings. The smallest absolute Gasteiger partial charge is 0.153 e. The topological polar surface area (TPSA) is 63.4 Å². The van der Waals surface area contributed by atoms with Crippen LogP contribution in [-0.4, -0.2) is 50.0 Å². The Morgan fingerprint density at radius 3 is 2.33 bits per heavy atom. The first kappa shape index (κ1) is 15.9. The lowest BCUT2D eigenvalue weighted by atomic mass is 10.2. The Labute approximate surface area is 112 Å². The Bertz CT molecular complexity index is 322. The van der Waals surface area contributed by atoms with Crippen molar-refractivity contribution in [1.82, 2.24) is 4.90 Å². The summed E-state index contributed by atoms with van der Waals surface area (Å²) < 4.78 is 23.7. The third-order valence-corrected chi connectivity index (χ3v) is 6.06. The van der Waals surface area contributed by atoms with E-state index in [2.05, 4.69) is 4.90 Å². The van der Waals surface area contributed by atoms with Crippen molar-refractivity contribution in [1.29, 1.82) is 0 Å².